The first-order chi connectivity index (χ1) is 11.9. The van der Waals surface area contributed by atoms with Crippen LogP contribution in [0, 0.1) is 0 Å². The molecule has 2 aliphatic heterocycles. The summed E-state index contributed by atoms with van der Waals surface area (Å²) in [6.45, 7) is 5.37. The number of amides is 1. The minimum Gasteiger partial charge on any atom is -0.497 e. The van der Waals surface area contributed by atoms with Gasteiger partial charge in [0.1, 0.15) is 5.75 Å². The predicted octanol–water partition coefficient (Wildman–Crippen LogP) is 2.91. The fraction of sp³-hybridized carbons (Fsp3) is 0.389. The van der Waals surface area contributed by atoms with Gasteiger partial charge in [-0.3, -0.25) is 9.69 Å². The van der Waals surface area contributed by atoms with Crippen molar-refractivity contribution in [1.29, 1.82) is 0 Å². The van der Waals surface area contributed by atoms with Crippen molar-refractivity contribution in [1.82, 2.24) is 4.90 Å². The topological polar surface area (TPSA) is 68.2 Å². The maximum absolute atomic E-state index is 12.7. The Morgan fingerprint density at radius 3 is 2.60 bits per heavy atom. The Hall–Kier alpha value is -2.28. The molecule has 132 valence electrons. The summed E-state index contributed by atoms with van der Waals surface area (Å²) in [5.74, 6) is 0.529. The molecule has 2 aliphatic rings. The van der Waals surface area contributed by atoms with E-state index in [0.29, 0.717) is 27.9 Å². The summed E-state index contributed by atoms with van der Waals surface area (Å²) in [6, 6.07) is 6.81. The van der Waals surface area contributed by atoms with Crippen LogP contribution in [0.3, 0.4) is 0 Å². The lowest BCUT2D eigenvalue weighted by Crippen LogP contribution is -2.40. The predicted molar refractivity (Wildman–Crippen MR) is 96.4 cm³/mol. The lowest BCUT2D eigenvalue weighted by molar-refractivity contribution is -0.143. The molecule has 0 spiro atoms. The summed E-state index contributed by atoms with van der Waals surface area (Å²) in [7, 11) is 1.59. The second kappa shape index (κ2) is 6.92. The number of rotatable bonds is 4. The molecule has 1 saturated heterocycles. The van der Waals surface area contributed by atoms with E-state index in [1.54, 1.807) is 32.8 Å². The molecular formula is C18H20N2O4S. The highest BCUT2D eigenvalue weighted by Crippen LogP contribution is 2.41. The average Bonchev–Trinajstić information content (AvgIpc) is 2.93. The largest absolute Gasteiger partial charge is 0.497 e. The van der Waals surface area contributed by atoms with Gasteiger partial charge in [-0.2, -0.15) is 0 Å². The van der Waals surface area contributed by atoms with Crippen LogP contribution in [0.2, 0.25) is 0 Å². The number of methoxy groups -OCH3 is 1. The highest BCUT2D eigenvalue weighted by atomic mass is 32.2. The Labute approximate surface area is 150 Å². The standard InChI is InChI=1S/C18H20N2O4S/c1-10(2)24-17(22)15-11(3)19-18-20(14(21)9-25-18)16(15)12-5-7-13(23-4)8-6-12/h5-8,10,16H,9H2,1-4H3/t16-/m1/s1. The van der Waals surface area contributed by atoms with Crippen molar-refractivity contribution >= 4 is 28.8 Å². The molecule has 1 fully saturated rings. The minimum absolute atomic E-state index is 0.0630. The quantitative estimate of drug-likeness (QED) is 0.772. The van der Waals surface area contributed by atoms with Gasteiger partial charge >= 0.3 is 5.97 Å². The van der Waals surface area contributed by atoms with E-state index < -0.39 is 12.0 Å². The number of carbonyl (C=O) groups is 2. The fourth-order valence-electron chi connectivity index (χ4n) is 2.88. The second-order valence-corrected chi connectivity index (χ2v) is 7.02. The van der Waals surface area contributed by atoms with Gasteiger partial charge in [-0.1, -0.05) is 23.9 Å². The van der Waals surface area contributed by atoms with Gasteiger partial charge in [0.2, 0.25) is 5.91 Å². The van der Waals surface area contributed by atoms with E-state index in [9.17, 15) is 9.59 Å². The monoisotopic (exact) mass is 360 g/mol. The van der Waals surface area contributed by atoms with E-state index in [-0.39, 0.29) is 12.0 Å². The summed E-state index contributed by atoms with van der Waals surface area (Å²) in [6.07, 6.45) is -0.252. The first-order valence-corrected chi connectivity index (χ1v) is 9.00. The normalized spacial score (nSPS) is 19.9. The third kappa shape index (κ3) is 3.28. The third-order valence-corrected chi connectivity index (χ3v) is 4.92. The van der Waals surface area contributed by atoms with E-state index >= 15 is 0 Å². The molecule has 3 rings (SSSR count). The molecule has 1 aromatic carbocycles. The zero-order chi connectivity index (χ0) is 18.1. The van der Waals surface area contributed by atoms with E-state index in [2.05, 4.69) is 4.99 Å². The molecular weight excluding hydrogens is 340 g/mol. The van der Waals surface area contributed by atoms with Crippen molar-refractivity contribution in [2.75, 3.05) is 12.9 Å². The Bertz CT molecular complexity index is 768. The van der Waals surface area contributed by atoms with E-state index in [1.807, 2.05) is 24.3 Å². The molecule has 7 heteroatoms. The van der Waals surface area contributed by atoms with Gasteiger partial charge in [0, 0.05) is 0 Å². The molecule has 0 N–H and O–H groups in total. The van der Waals surface area contributed by atoms with E-state index in [4.69, 9.17) is 9.47 Å². The van der Waals surface area contributed by atoms with Gasteiger partial charge in [-0.05, 0) is 38.5 Å². The van der Waals surface area contributed by atoms with Crippen LogP contribution >= 0.6 is 11.8 Å². The van der Waals surface area contributed by atoms with Crippen molar-refractivity contribution in [2.24, 2.45) is 4.99 Å². The molecule has 1 aromatic rings. The van der Waals surface area contributed by atoms with Gasteiger partial charge < -0.3 is 9.47 Å². The molecule has 6 nitrogen and oxygen atoms in total. The Morgan fingerprint density at radius 2 is 2.00 bits per heavy atom. The third-order valence-electron chi connectivity index (χ3n) is 3.98. The molecule has 0 unspecified atom stereocenters. The van der Waals surface area contributed by atoms with E-state index in [0.717, 1.165) is 5.56 Å². The maximum Gasteiger partial charge on any atom is 0.338 e. The molecule has 0 bridgehead atoms. The van der Waals surface area contributed by atoms with Crippen LogP contribution in [-0.4, -0.2) is 40.9 Å². The lowest BCUT2D eigenvalue weighted by atomic mass is 9.94. The number of esters is 1. The number of benzene rings is 1. The number of allylic oxidation sites excluding steroid dienone is 1. The van der Waals surface area contributed by atoms with Crippen LogP contribution < -0.4 is 4.74 Å². The first-order valence-electron chi connectivity index (χ1n) is 8.01. The number of aliphatic imine (C=N–C) groups is 1. The van der Waals surface area contributed by atoms with Crippen LogP contribution in [-0.2, 0) is 14.3 Å². The zero-order valence-electron chi connectivity index (χ0n) is 14.6. The molecule has 0 saturated carbocycles. The first kappa shape index (κ1) is 17.5. The average molecular weight is 360 g/mol. The minimum atomic E-state index is -0.535. The fourth-order valence-corrected chi connectivity index (χ4v) is 3.82. The maximum atomic E-state index is 12.7. The summed E-state index contributed by atoms with van der Waals surface area (Å²) < 4.78 is 10.6. The summed E-state index contributed by atoms with van der Waals surface area (Å²) in [5.41, 5.74) is 1.80. The summed E-state index contributed by atoms with van der Waals surface area (Å²) >= 11 is 1.39. The summed E-state index contributed by atoms with van der Waals surface area (Å²) in [5, 5.41) is 0.629. The van der Waals surface area contributed by atoms with Crippen molar-refractivity contribution in [2.45, 2.75) is 32.9 Å². The smallest absolute Gasteiger partial charge is 0.338 e. The van der Waals surface area contributed by atoms with Crippen LogP contribution in [0.1, 0.15) is 32.4 Å². The lowest BCUT2D eigenvalue weighted by Gasteiger charge is -2.33. The van der Waals surface area contributed by atoms with Crippen LogP contribution in [0.4, 0.5) is 0 Å². The van der Waals surface area contributed by atoms with Crippen LogP contribution in [0.25, 0.3) is 0 Å². The Kier molecular flexibility index (Phi) is 4.85. The summed E-state index contributed by atoms with van der Waals surface area (Å²) in [4.78, 5) is 31.2. The van der Waals surface area contributed by atoms with Crippen molar-refractivity contribution in [3.8, 4) is 5.75 Å². The van der Waals surface area contributed by atoms with Gasteiger partial charge in [-0.25, -0.2) is 9.79 Å². The van der Waals surface area contributed by atoms with Gasteiger partial charge in [0.25, 0.3) is 0 Å². The number of thioether (sulfide) groups is 1. The Morgan fingerprint density at radius 1 is 1.32 bits per heavy atom. The van der Waals surface area contributed by atoms with E-state index in [1.165, 1.54) is 11.8 Å². The van der Waals surface area contributed by atoms with Crippen molar-refractivity contribution in [3.05, 3.63) is 41.1 Å². The van der Waals surface area contributed by atoms with Crippen molar-refractivity contribution < 1.29 is 19.1 Å². The number of hydrogen-bond donors (Lipinski definition) is 0. The molecule has 1 atom stereocenters. The Balaban J connectivity index is 2.09. The van der Waals surface area contributed by atoms with Crippen LogP contribution in [0.15, 0.2) is 40.5 Å². The number of hydrogen-bond acceptors (Lipinski definition) is 6. The highest BCUT2D eigenvalue weighted by molar-refractivity contribution is 8.15. The van der Waals surface area contributed by atoms with Crippen molar-refractivity contribution in [3.63, 3.8) is 0 Å². The number of nitrogens with zero attached hydrogens (tertiary/aromatic N) is 2. The van der Waals surface area contributed by atoms with Gasteiger partial charge in [-0.15, -0.1) is 0 Å². The molecule has 2 heterocycles. The zero-order valence-corrected chi connectivity index (χ0v) is 15.4. The molecule has 0 aromatic heterocycles. The number of amidine groups is 1. The number of fused-ring (bicyclic) bond motifs is 1. The number of ether oxygens (including phenoxy) is 2. The molecule has 0 aliphatic carbocycles. The van der Waals surface area contributed by atoms with Gasteiger partial charge in [0.15, 0.2) is 5.17 Å². The molecule has 0 radical (unpaired) electrons. The second-order valence-electron chi connectivity index (χ2n) is 6.08. The highest BCUT2D eigenvalue weighted by Gasteiger charge is 2.43. The molecule has 1 amide bonds. The van der Waals surface area contributed by atoms with Crippen LogP contribution in [0.5, 0.6) is 5.75 Å². The molecule has 25 heavy (non-hydrogen) atoms. The number of carbonyl (C=O) groups excluding carboxylic acids is 2. The SMILES string of the molecule is COc1ccc([C@@H]2C(C(=O)OC(C)C)=C(C)N=C3SCC(=O)N32)cc1. The van der Waals surface area contributed by atoms with Gasteiger partial charge in [0.05, 0.1) is 36.3 Å².